The van der Waals surface area contributed by atoms with Gasteiger partial charge in [-0.1, -0.05) is 41.6 Å². The molecule has 142 valence electrons. The molecule has 4 rings (SSSR count). The van der Waals surface area contributed by atoms with E-state index < -0.39 is 0 Å². The van der Waals surface area contributed by atoms with Crippen LogP contribution in [-0.2, 0) is 13.1 Å². The van der Waals surface area contributed by atoms with Crippen molar-refractivity contribution in [3.63, 3.8) is 0 Å². The predicted molar refractivity (Wildman–Crippen MR) is 105 cm³/mol. The summed E-state index contributed by atoms with van der Waals surface area (Å²) in [6.45, 7) is 1.27. The molecule has 0 saturated heterocycles. The van der Waals surface area contributed by atoms with Crippen LogP contribution in [0.4, 0.5) is 0 Å². The van der Waals surface area contributed by atoms with Gasteiger partial charge >= 0.3 is 0 Å². The fraction of sp³-hybridized carbons (Fsp3) is 0.190. The Hall–Kier alpha value is -3.45. The summed E-state index contributed by atoms with van der Waals surface area (Å²) in [5.74, 6) is 1.99. The lowest BCUT2D eigenvalue weighted by atomic mass is 10.2. The maximum absolute atomic E-state index is 5.39. The summed E-state index contributed by atoms with van der Waals surface area (Å²) in [7, 11) is 3.67. The van der Waals surface area contributed by atoms with E-state index in [0.717, 1.165) is 22.6 Å². The number of hydrogen-bond donors (Lipinski definition) is 0. The third kappa shape index (κ3) is 4.10. The van der Waals surface area contributed by atoms with Gasteiger partial charge in [0.25, 0.3) is 0 Å². The number of methoxy groups -OCH3 is 1. The second-order valence-electron chi connectivity index (χ2n) is 6.54. The predicted octanol–water partition coefficient (Wildman–Crippen LogP) is 3.56. The molecule has 0 unspecified atom stereocenters. The Morgan fingerprint density at radius 1 is 1.07 bits per heavy atom. The third-order valence-corrected chi connectivity index (χ3v) is 4.31. The second kappa shape index (κ2) is 8.06. The van der Waals surface area contributed by atoms with Gasteiger partial charge in [0.15, 0.2) is 0 Å². The maximum Gasteiger partial charge on any atom is 0.241 e. The zero-order chi connectivity index (χ0) is 19.3. The van der Waals surface area contributed by atoms with E-state index in [2.05, 4.69) is 20.1 Å². The van der Waals surface area contributed by atoms with Crippen LogP contribution in [0.1, 0.15) is 11.5 Å². The van der Waals surface area contributed by atoms with Crippen LogP contribution >= 0.6 is 0 Å². The molecule has 0 amide bonds. The molecule has 0 spiro atoms. The molecule has 0 N–H and O–H groups in total. The summed E-state index contributed by atoms with van der Waals surface area (Å²) in [5, 5.41) is 8.51. The minimum absolute atomic E-state index is 0.560. The quantitative estimate of drug-likeness (QED) is 0.492. The SMILES string of the molecule is COc1cccc(-n2cc(CN(C)Cc3nc(-c4ccccc4)no3)cn2)c1. The van der Waals surface area contributed by atoms with Crippen LogP contribution in [0.5, 0.6) is 5.75 Å². The standard InChI is InChI=1S/C21H21N5O2/c1-25(15-20-23-21(24-28-20)17-7-4-3-5-8-17)13-16-12-22-26(14-16)18-9-6-10-19(11-18)27-2/h3-12,14H,13,15H2,1-2H3. The van der Waals surface area contributed by atoms with Gasteiger partial charge in [0.1, 0.15) is 5.75 Å². The maximum atomic E-state index is 5.39. The largest absolute Gasteiger partial charge is 0.497 e. The highest BCUT2D eigenvalue weighted by Gasteiger charge is 2.12. The van der Waals surface area contributed by atoms with Gasteiger partial charge in [-0.15, -0.1) is 0 Å². The zero-order valence-electron chi connectivity index (χ0n) is 15.8. The van der Waals surface area contributed by atoms with Crippen LogP contribution < -0.4 is 4.74 Å². The number of aromatic nitrogens is 4. The van der Waals surface area contributed by atoms with Crippen LogP contribution in [-0.4, -0.2) is 39.0 Å². The first-order chi connectivity index (χ1) is 13.7. The molecule has 0 saturated carbocycles. The molecule has 0 aliphatic heterocycles. The van der Waals surface area contributed by atoms with Crippen molar-refractivity contribution < 1.29 is 9.26 Å². The lowest BCUT2D eigenvalue weighted by molar-refractivity contribution is 0.261. The second-order valence-corrected chi connectivity index (χ2v) is 6.54. The van der Waals surface area contributed by atoms with E-state index in [1.165, 1.54) is 0 Å². The summed E-state index contributed by atoms with van der Waals surface area (Å²) in [6, 6.07) is 17.6. The van der Waals surface area contributed by atoms with E-state index in [0.29, 0.717) is 24.8 Å². The first kappa shape index (κ1) is 17.9. The van der Waals surface area contributed by atoms with E-state index in [1.54, 1.807) is 7.11 Å². The Morgan fingerprint density at radius 3 is 2.75 bits per heavy atom. The van der Waals surface area contributed by atoms with E-state index in [9.17, 15) is 0 Å². The Kier molecular flexibility index (Phi) is 5.16. The van der Waals surface area contributed by atoms with Crippen LogP contribution in [0.2, 0.25) is 0 Å². The van der Waals surface area contributed by atoms with Gasteiger partial charge in [-0.3, -0.25) is 4.90 Å². The highest BCUT2D eigenvalue weighted by atomic mass is 16.5. The Morgan fingerprint density at radius 2 is 1.93 bits per heavy atom. The average molecular weight is 375 g/mol. The van der Waals surface area contributed by atoms with Crippen molar-refractivity contribution in [2.75, 3.05) is 14.2 Å². The lowest BCUT2D eigenvalue weighted by Gasteiger charge is -2.12. The molecule has 4 aromatic rings. The number of rotatable bonds is 7. The summed E-state index contributed by atoms with van der Waals surface area (Å²) >= 11 is 0. The highest BCUT2D eigenvalue weighted by Crippen LogP contribution is 2.18. The lowest BCUT2D eigenvalue weighted by Crippen LogP contribution is -2.17. The smallest absolute Gasteiger partial charge is 0.241 e. The van der Waals surface area contributed by atoms with Crippen molar-refractivity contribution in [2.45, 2.75) is 13.1 Å². The van der Waals surface area contributed by atoms with Crippen molar-refractivity contribution in [3.8, 4) is 22.8 Å². The molecule has 0 aliphatic carbocycles. The molecule has 2 heterocycles. The van der Waals surface area contributed by atoms with Crippen LogP contribution in [0.3, 0.4) is 0 Å². The third-order valence-electron chi connectivity index (χ3n) is 4.31. The molecule has 0 fully saturated rings. The van der Waals surface area contributed by atoms with Gasteiger partial charge in [0.2, 0.25) is 11.7 Å². The van der Waals surface area contributed by atoms with Gasteiger partial charge in [-0.25, -0.2) is 4.68 Å². The summed E-state index contributed by atoms with van der Waals surface area (Å²) in [6.07, 6.45) is 3.87. The minimum Gasteiger partial charge on any atom is -0.497 e. The minimum atomic E-state index is 0.560. The summed E-state index contributed by atoms with van der Waals surface area (Å²) in [4.78, 5) is 6.59. The van der Waals surface area contributed by atoms with Gasteiger partial charge in [0.05, 0.1) is 25.5 Å². The van der Waals surface area contributed by atoms with E-state index in [-0.39, 0.29) is 0 Å². The molecular formula is C21H21N5O2. The number of nitrogens with zero attached hydrogens (tertiary/aromatic N) is 5. The molecule has 2 aromatic heterocycles. The first-order valence-corrected chi connectivity index (χ1v) is 8.96. The molecular weight excluding hydrogens is 354 g/mol. The summed E-state index contributed by atoms with van der Waals surface area (Å²) < 4.78 is 12.5. The first-order valence-electron chi connectivity index (χ1n) is 8.96. The van der Waals surface area contributed by atoms with Crippen LogP contribution in [0, 0.1) is 0 Å². The van der Waals surface area contributed by atoms with Crippen molar-refractivity contribution in [3.05, 3.63) is 78.4 Å². The van der Waals surface area contributed by atoms with Gasteiger partial charge in [0, 0.05) is 29.9 Å². The molecule has 28 heavy (non-hydrogen) atoms. The molecule has 0 aliphatic rings. The van der Waals surface area contributed by atoms with E-state index in [4.69, 9.17) is 9.26 Å². The molecule has 0 radical (unpaired) electrons. The monoisotopic (exact) mass is 375 g/mol. The highest BCUT2D eigenvalue weighted by molar-refractivity contribution is 5.53. The van der Waals surface area contributed by atoms with Crippen molar-refractivity contribution in [1.29, 1.82) is 0 Å². The Labute approximate surface area is 163 Å². The van der Waals surface area contributed by atoms with Crippen molar-refractivity contribution >= 4 is 0 Å². The van der Waals surface area contributed by atoms with Crippen molar-refractivity contribution in [2.24, 2.45) is 0 Å². The Bertz CT molecular complexity index is 1040. The summed E-state index contributed by atoms with van der Waals surface area (Å²) in [5.41, 5.74) is 2.99. The number of benzene rings is 2. The van der Waals surface area contributed by atoms with Crippen LogP contribution in [0.25, 0.3) is 17.1 Å². The number of ether oxygens (including phenoxy) is 1. The zero-order valence-corrected chi connectivity index (χ0v) is 15.8. The average Bonchev–Trinajstić information content (AvgIpc) is 3.38. The van der Waals surface area contributed by atoms with Gasteiger partial charge in [-0.05, 0) is 19.2 Å². The fourth-order valence-corrected chi connectivity index (χ4v) is 2.96. The van der Waals surface area contributed by atoms with Crippen LogP contribution in [0.15, 0.2) is 71.5 Å². The molecule has 0 bridgehead atoms. The van der Waals surface area contributed by atoms with E-state index in [1.807, 2.05) is 78.7 Å². The molecule has 7 heteroatoms. The van der Waals surface area contributed by atoms with Gasteiger partial charge < -0.3 is 9.26 Å². The molecule has 2 aromatic carbocycles. The topological polar surface area (TPSA) is 69.2 Å². The van der Waals surface area contributed by atoms with Crippen molar-refractivity contribution in [1.82, 2.24) is 24.8 Å². The normalized spacial score (nSPS) is 11.1. The Balaban J connectivity index is 1.40. The fourth-order valence-electron chi connectivity index (χ4n) is 2.96. The number of hydrogen-bond acceptors (Lipinski definition) is 6. The molecule has 0 atom stereocenters. The van der Waals surface area contributed by atoms with E-state index >= 15 is 0 Å². The molecule has 7 nitrogen and oxygen atoms in total. The van der Waals surface area contributed by atoms with Gasteiger partial charge in [-0.2, -0.15) is 10.1 Å².